The molecule has 0 spiro atoms. The Hall–Kier alpha value is -3.60. The molecule has 1 saturated carbocycles. The first-order valence-electron chi connectivity index (χ1n) is 11.4. The molecule has 184 valence electrons. The van der Waals surface area contributed by atoms with Gasteiger partial charge in [0.2, 0.25) is 0 Å². The van der Waals surface area contributed by atoms with E-state index in [1.165, 1.54) is 38.0 Å². The predicted octanol–water partition coefficient (Wildman–Crippen LogP) is 3.21. The van der Waals surface area contributed by atoms with Crippen LogP contribution in [0.4, 0.5) is 10.2 Å². The summed E-state index contributed by atoms with van der Waals surface area (Å²) in [4.78, 5) is 37.4. The molecule has 2 fully saturated rings. The van der Waals surface area contributed by atoms with Crippen molar-refractivity contribution >= 4 is 28.9 Å². The molecule has 5 rings (SSSR count). The lowest BCUT2D eigenvalue weighted by molar-refractivity contribution is -0.175. The van der Waals surface area contributed by atoms with E-state index in [9.17, 15) is 9.59 Å². The first kappa shape index (κ1) is 23.2. The molecule has 2 aromatic heterocycles. The van der Waals surface area contributed by atoms with Crippen molar-refractivity contribution in [3.63, 3.8) is 0 Å². The molecule has 11 heteroatoms. The average molecular weight is 484 g/mol. The van der Waals surface area contributed by atoms with Gasteiger partial charge in [-0.2, -0.15) is 0 Å². The average Bonchev–Trinajstić information content (AvgIpc) is 3.50. The van der Waals surface area contributed by atoms with Crippen molar-refractivity contribution in [1.82, 2.24) is 19.5 Å². The minimum Gasteiger partial charge on any atom is -0.459 e. The maximum absolute atomic E-state index is 16.5. The van der Waals surface area contributed by atoms with Crippen LogP contribution in [0.1, 0.15) is 50.2 Å². The van der Waals surface area contributed by atoms with Gasteiger partial charge in [0.25, 0.3) is 0 Å². The molecule has 1 aliphatic carbocycles. The highest BCUT2D eigenvalue weighted by Gasteiger charge is 2.66. The lowest BCUT2D eigenvalue weighted by Crippen LogP contribution is -2.55. The van der Waals surface area contributed by atoms with Crippen molar-refractivity contribution in [3.8, 4) is 0 Å². The van der Waals surface area contributed by atoms with Gasteiger partial charge in [0.1, 0.15) is 19.0 Å². The Labute approximate surface area is 200 Å². The highest BCUT2D eigenvalue weighted by Crippen LogP contribution is 2.51. The number of hydrogen-bond acceptors (Lipinski definition) is 9. The Morgan fingerprint density at radius 2 is 1.94 bits per heavy atom. The Balaban J connectivity index is 1.46. The number of alkyl halides is 1. The number of anilines is 1. The third kappa shape index (κ3) is 4.09. The van der Waals surface area contributed by atoms with E-state index in [1.807, 2.05) is 0 Å². The lowest BCUT2D eigenvalue weighted by Gasteiger charge is -2.36. The molecule has 1 N–H and O–H groups in total. The topological polar surface area (TPSA) is 117 Å². The van der Waals surface area contributed by atoms with E-state index in [4.69, 9.17) is 14.2 Å². The fourth-order valence-electron chi connectivity index (χ4n) is 4.32. The zero-order valence-electron chi connectivity index (χ0n) is 19.6. The number of hydrogen-bond donors (Lipinski definition) is 1. The van der Waals surface area contributed by atoms with Gasteiger partial charge in [-0.25, -0.2) is 24.1 Å². The van der Waals surface area contributed by atoms with Crippen LogP contribution in [-0.2, 0) is 19.0 Å². The number of nitrogens with one attached hydrogen (secondary N) is 1. The standard InChI is InChI=1S/C24H26FN5O5/c1-14(31)35-24(3)17(11-33-21(32)15-7-5-4-6-8-15)34-22(23(24,2)25)30-13-28-18-19(29-16-9-10-16)26-12-27-20(18)30/h4-8,12-13,16-17,22H,9-11H2,1-3H3,(H,26,27,29)/t17-,22+,23+,24-/m1/s1. The third-order valence-corrected chi connectivity index (χ3v) is 6.60. The molecule has 4 atom stereocenters. The van der Waals surface area contributed by atoms with Crippen molar-refractivity contribution in [2.75, 3.05) is 11.9 Å². The summed E-state index contributed by atoms with van der Waals surface area (Å²) < 4.78 is 35.0. The van der Waals surface area contributed by atoms with Crippen LogP contribution in [0.5, 0.6) is 0 Å². The number of fused-ring (bicyclic) bond motifs is 1. The molecule has 1 aromatic carbocycles. The van der Waals surface area contributed by atoms with E-state index in [1.54, 1.807) is 30.3 Å². The minimum atomic E-state index is -2.23. The number of esters is 2. The molecular weight excluding hydrogens is 457 g/mol. The van der Waals surface area contributed by atoms with Gasteiger partial charge >= 0.3 is 11.9 Å². The Kier molecular flexibility index (Phi) is 5.66. The van der Waals surface area contributed by atoms with Crippen LogP contribution >= 0.6 is 0 Å². The first-order valence-corrected chi connectivity index (χ1v) is 11.4. The fourth-order valence-corrected chi connectivity index (χ4v) is 4.32. The molecule has 1 saturated heterocycles. The number of carbonyl (C=O) groups excluding carboxylic acids is 2. The zero-order chi connectivity index (χ0) is 24.8. The fraction of sp³-hybridized carbons (Fsp3) is 0.458. The monoisotopic (exact) mass is 483 g/mol. The summed E-state index contributed by atoms with van der Waals surface area (Å²) in [5.74, 6) is -0.723. The number of carbonyl (C=O) groups is 2. The van der Waals surface area contributed by atoms with Crippen molar-refractivity contribution < 1.29 is 28.2 Å². The van der Waals surface area contributed by atoms with Crippen LogP contribution in [0.15, 0.2) is 43.0 Å². The highest BCUT2D eigenvalue weighted by molar-refractivity contribution is 5.89. The molecule has 35 heavy (non-hydrogen) atoms. The van der Waals surface area contributed by atoms with E-state index in [-0.39, 0.29) is 6.61 Å². The van der Waals surface area contributed by atoms with Crippen molar-refractivity contribution in [1.29, 1.82) is 0 Å². The summed E-state index contributed by atoms with van der Waals surface area (Å²) in [6.07, 6.45) is 2.53. The van der Waals surface area contributed by atoms with Crippen LogP contribution in [0.3, 0.4) is 0 Å². The number of rotatable bonds is 7. The van der Waals surface area contributed by atoms with E-state index in [2.05, 4.69) is 20.3 Å². The molecule has 10 nitrogen and oxygen atoms in total. The lowest BCUT2D eigenvalue weighted by atomic mass is 9.84. The molecular formula is C24H26FN5O5. The van der Waals surface area contributed by atoms with E-state index in [0.29, 0.717) is 28.6 Å². The van der Waals surface area contributed by atoms with Crippen molar-refractivity contribution in [2.24, 2.45) is 0 Å². The normalized spacial score (nSPS) is 28.1. The van der Waals surface area contributed by atoms with E-state index in [0.717, 1.165) is 12.8 Å². The number of imidazole rings is 1. The van der Waals surface area contributed by atoms with Gasteiger partial charge in [-0.1, -0.05) is 18.2 Å². The number of aromatic nitrogens is 4. The van der Waals surface area contributed by atoms with Gasteiger partial charge in [-0.15, -0.1) is 0 Å². The van der Waals surface area contributed by atoms with Gasteiger partial charge in [0, 0.05) is 13.0 Å². The molecule has 0 unspecified atom stereocenters. The molecule has 0 amide bonds. The molecule has 0 radical (unpaired) electrons. The van der Waals surface area contributed by atoms with Gasteiger partial charge in [0.05, 0.1) is 11.9 Å². The number of ether oxygens (including phenoxy) is 3. The molecule has 3 heterocycles. The van der Waals surface area contributed by atoms with Crippen LogP contribution < -0.4 is 5.32 Å². The second kappa shape index (κ2) is 8.56. The Bertz CT molecular complexity index is 1260. The van der Waals surface area contributed by atoms with Gasteiger partial charge in [0.15, 0.2) is 34.5 Å². The quantitative estimate of drug-likeness (QED) is 0.506. The second-order valence-corrected chi connectivity index (χ2v) is 9.18. The zero-order valence-corrected chi connectivity index (χ0v) is 19.6. The van der Waals surface area contributed by atoms with Crippen molar-refractivity contribution in [3.05, 3.63) is 48.5 Å². The molecule has 3 aromatic rings. The van der Waals surface area contributed by atoms with Gasteiger partial charge in [-0.3, -0.25) is 9.36 Å². The summed E-state index contributed by atoms with van der Waals surface area (Å²) in [5, 5.41) is 3.29. The maximum Gasteiger partial charge on any atom is 0.338 e. The first-order chi connectivity index (χ1) is 16.7. The number of halogens is 1. The SMILES string of the molecule is CC(=O)O[C@]1(C)[C@@H](COC(=O)c2ccccc2)O[C@H](n2cnc3c(NC4CC4)ncnc32)[C@]1(C)F. The van der Waals surface area contributed by atoms with E-state index >= 15 is 4.39 Å². The second-order valence-electron chi connectivity index (χ2n) is 9.18. The summed E-state index contributed by atoms with van der Waals surface area (Å²) in [7, 11) is 0. The van der Waals surface area contributed by atoms with Crippen LogP contribution in [0.2, 0.25) is 0 Å². The summed E-state index contributed by atoms with van der Waals surface area (Å²) in [5.41, 5.74) is -2.81. The maximum atomic E-state index is 16.5. The number of benzene rings is 1. The van der Waals surface area contributed by atoms with E-state index < -0.39 is 35.5 Å². The summed E-state index contributed by atoms with van der Waals surface area (Å²) >= 11 is 0. The summed E-state index contributed by atoms with van der Waals surface area (Å²) in [6, 6.07) is 8.74. The molecule has 0 bridgehead atoms. The predicted molar refractivity (Wildman–Crippen MR) is 122 cm³/mol. The van der Waals surface area contributed by atoms with Crippen LogP contribution in [0, 0.1) is 0 Å². The van der Waals surface area contributed by atoms with Crippen LogP contribution in [-0.4, -0.2) is 61.5 Å². The van der Waals surface area contributed by atoms with Crippen LogP contribution in [0.25, 0.3) is 11.2 Å². The largest absolute Gasteiger partial charge is 0.459 e. The third-order valence-electron chi connectivity index (χ3n) is 6.60. The highest BCUT2D eigenvalue weighted by atomic mass is 19.1. The van der Waals surface area contributed by atoms with Gasteiger partial charge in [-0.05, 0) is 38.8 Å². The molecule has 2 aliphatic rings. The molecule has 1 aliphatic heterocycles. The Morgan fingerprint density at radius 1 is 1.20 bits per heavy atom. The minimum absolute atomic E-state index is 0.330. The van der Waals surface area contributed by atoms with Crippen molar-refractivity contribution in [2.45, 2.75) is 63.3 Å². The smallest absolute Gasteiger partial charge is 0.338 e. The number of nitrogens with zero attached hydrogens (tertiary/aromatic N) is 4. The summed E-state index contributed by atoms with van der Waals surface area (Å²) in [6.45, 7) is 3.58. The Morgan fingerprint density at radius 3 is 2.63 bits per heavy atom. The van der Waals surface area contributed by atoms with Gasteiger partial charge < -0.3 is 19.5 Å².